The molecule has 1 aliphatic heterocycles. The van der Waals surface area contributed by atoms with Crippen LogP contribution in [0.5, 0.6) is 0 Å². The van der Waals surface area contributed by atoms with Crippen molar-refractivity contribution < 1.29 is 14.3 Å². The smallest absolute Gasteiger partial charge is 0.223 e. The van der Waals surface area contributed by atoms with Crippen LogP contribution in [0.1, 0.15) is 44.1 Å². The average Bonchev–Trinajstić information content (AvgIpc) is 2.58. The van der Waals surface area contributed by atoms with Gasteiger partial charge in [-0.1, -0.05) is 6.07 Å². The summed E-state index contributed by atoms with van der Waals surface area (Å²) in [6, 6.07) is 5.24. The first-order chi connectivity index (χ1) is 11.5. The van der Waals surface area contributed by atoms with E-state index in [4.69, 9.17) is 0 Å². The van der Waals surface area contributed by atoms with E-state index in [1.807, 2.05) is 17.9 Å². The number of benzene rings is 1. The molecule has 132 valence electrons. The van der Waals surface area contributed by atoms with Crippen molar-refractivity contribution in [3.63, 3.8) is 0 Å². The Hall–Kier alpha value is -1.62. The standard InChI is InChI=1S/C19H27FN2O2/c1-13-4-9-17(20)18(11-13)22-10-2-3-15(12-22)21-19(24)14-5-7-16(23)8-6-14/h4,9,11,14-16,23H,2-3,5-8,10,12H2,1H3,(H,21,24). The molecule has 1 atom stereocenters. The Labute approximate surface area is 143 Å². The van der Waals surface area contributed by atoms with Gasteiger partial charge in [0.25, 0.3) is 0 Å². The lowest BCUT2D eigenvalue weighted by Crippen LogP contribution is -2.49. The fourth-order valence-corrected chi connectivity index (χ4v) is 3.84. The average molecular weight is 334 g/mol. The molecule has 1 aromatic carbocycles. The van der Waals surface area contributed by atoms with Gasteiger partial charge in [0.05, 0.1) is 11.8 Å². The molecular weight excluding hydrogens is 307 g/mol. The number of aliphatic hydroxyl groups is 1. The van der Waals surface area contributed by atoms with E-state index in [-0.39, 0.29) is 29.8 Å². The monoisotopic (exact) mass is 334 g/mol. The number of nitrogens with one attached hydrogen (secondary N) is 1. The molecule has 3 rings (SSSR count). The topological polar surface area (TPSA) is 52.6 Å². The van der Waals surface area contributed by atoms with Crippen molar-refractivity contribution in [2.45, 2.75) is 57.6 Å². The largest absolute Gasteiger partial charge is 0.393 e. The molecule has 0 bridgehead atoms. The van der Waals surface area contributed by atoms with Gasteiger partial charge in [0, 0.05) is 25.0 Å². The molecule has 2 N–H and O–H groups in total. The van der Waals surface area contributed by atoms with E-state index >= 15 is 0 Å². The van der Waals surface area contributed by atoms with Crippen LogP contribution in [0.2, 0.25) is 0 Å². The first kappa shape index (κ1) is 17.2. The summed E-state index contributed by atoms with van der Waals surface area (Å²) in [6.07, 6.45) is 4.58. The zero-order valence-corrected chi connectivity index (χ0v) is 14.3. The van der Waals surface area contributed by atoms with Gasteiger partial charge in [0.2, 0.25) is 5.91 Å². The SMILES string of the molecule is Cc1ccc(F)c(N2CCCC(NC(=O)C3CCC(O)CC3)C2)c1. The fourth-order valence-electron chi connectivity index (χ4n) is 3.84. The summed E-state index contributed by atoms with van der Waals surface area (Å²) >= 11 is 0. The number of rotatable bonds is 3. The Bertz CT molecular complexity index is 585. The van der Waals surface area contributed by atoms with Crippen LogP contribution in [-0.4, -0.2) is 36.2 Å². The number of nitrogens with zero attached hydrogens (tertiary/aromatic N) is 1. The van der Waals surface area contributed by atoms with E-state index in [1.165, 1.54) is 6.07 Å². The van der Waals surface area contributed by atoms with E-state index in [1.54, 1.807) is 6.07 Å². The molecule has 5 heteroatoms. The van der Waals surface area contributed by atoms with Crippen LogP contribution in [0.4, 0.5) is 10.1 Å². The van der Waals surface area contributed by atoms with Crippen LogP contribution in [0.25, 0.3) is 0 Å². The van der Waals surface area contributed by atoms with Crippen molar-refractivity contribution in [1.29, 1.82) is 0 Å². The number of carbonyl (C=O) groups excluding carboxylic acids is 1. The Kier molecular flexibility index (Phi) is 5.39. The Morgan fingerprint density at radius 2 is 2.00 bits per heavy atom. The highest BCUT2D eigenvalue weighted by atomic mass is 19.1. The lowest BCUT2D eigenvalue weighted by atomic mass is 9.86. The Morgan fingerprint density at radius 3 is 2.75 bits per heavy atom. The van der Waals surface area contributed by atoms with Crippen LogP contribution >= 0.6 is 0 Å². The van der Waals surface area contributed by atoms with Crippen molar-refractivity contribution in [2.75, 3.05) is 18.0 Å². The maximum absolute atomic E-state index is 14.1. The predicted molar refractivity (Wildman–Crippen MR) is 92.5 cm³/mol. The van der Waals surface area contributed by atoms with Crippen LogP contribution in [0.15, 0.2) is 18.2 Å². The van der Waals surface area contributed by atoms with E-state index in [2.05, 4.69) is 5.32 Å². The lowest BCUT2D eigenvalue weighted by Gasteiger charge is -2.36. The summed E-state index contributed by atoms with van der Waals surface area (Å²) < 4.78 is 14.1. The number of halogens is 1. The van der Waals surface area contributed by atoms with Crippen LogP contribution in [0, 0.1) is 18.7 Å². The number of aryl methyl sites for hydroxylation is 1. The summed E-state index contributed by atoms with van der Waals surface area (Å²) in [5.41, 5.74) is 1.67. The first-order valence-electron chi connectivity index (χ1n) is 9.02. The minimum absolute atomic E-state index is 0.0134. The highest BCUT2D eigenvalue weighted by molar-refractivity contribution is 5.79. The maximum atomic E-state index is 14.1. The van der Waals surface area contributed by atoms with E-state index in [0.717, 1.165) is 37.8 Å². The fraction of sp³-hybridized carbons (Fsp3) is 0.632. The van der Waals surface area contributed by atoms with Crippen molar-refractivity contribution in [2.24, 2.45) is 5.92 Å². The third kappa shape index (κ3) is 4.07. The molecule has 1 saturated carbocycles. The molecule has 0 radical (unpaired) electrons. The van der Waals surface area contributed by atoms with E-state index < -0.39 is 0 Å². The van der Waals surface area contributed by atoms with Crippen molar-refractivity contribution in [1.82, 2.24) is 5.32 Å². The van der Waals surface area contributed by atoms with Gasteiger partial charge < -0.3 is 15.3 Å². The van der Waals surface area contributed by atoms with E-state index in [9.17, 15) is 14.3 Å². The van der Waals surface area contributed by atoms with Crippen molar-refractivity contribution in [3.05, 3.63) is 29.6 Å². The molecule has 24 heavy (non-hydrogen) atoms. The summed E-state index contributed by atoms with van der Waals surface area (Å²) in [7, 11) is 0. The maximum Gasteiger partial charge on any atom is 0.223 e. The Morgan fingerprint density at radius 1 is 1.25 bits per heavy atom. The third-order valence-corrected chi connectivity index (χ3v) is 5.28. The second kappa shape index (κ2) is 7.51. The Balaban J connectivity index is 1.59. The van der Waals surface area contributed by atoms with Gasteiger partial charge in [-0.05, 0) is 63.1 Å². The van der Waals surface area contributed by atoms with Gasteiger partial charge >= 0.3 is 0 Å². The predicted octanol–water partition coefficient (Wildman–Crippen LogP) is 2.77. The first-order valence-corrected chi connectivity index (χ1v) is 9.02. The number of piperidine rings is 1. The minimum atomic E-state index is -0.247. The van der Waals surface area contributed by atoms with Crippen LogP contribution < -0.4 is 10.2 Å². The van der Waals surface area contributed by atoms with Gasteiger partial charge in [-0.15, -0.1) is 0 Å². The minimum Gasteiger partial charge on any atom is -0.393 e. The second-order valence-corrected chi connectivity index (χ2v) is 7.25. The molecule has 0 aromatic heterocycles. The molecular formula is C19H27FN2O2. The second-order valence-electron chi connectivity index (χ2n) is 7.25. The summed E-state index contributed by atoms with van der Waals surface area (Å²) in [5.74, 6) is -0.0909. The van der Waals surface area contributed by atoms with Gasteiger partial charge in [0.15, 0.2) is 0 Å². The number of aliphatic hydroxyl groups excluding tert-OH is 1. The highest BCUT2D eigenvalue weighted by Crippen LogP contribution is 2.26. The quantitative estimate of drug-likeness (QED) is 0.894. The number of hydrogen-bond donors (Lipinski definition) is 2. The zero-order valence-electron chi connectivity index (χ0n) is 14.3. The number of carbonyl (C=O) groups is 1. The van der Waals surface area contributed by atoms with Crippen molar-refractivity contribution in [3.8, 4) is 0 Å². The third-order valence-electron chi connectivity index (χ3n) is 5.28. The molecule has 1 unspecified atom stereocenters. The molecule has 2 fully saturated rings. The number of amides is 1. The van der Waals surface area contributed by atoms with Gasteiger partial charge in [-0.2, -0.15) is 0 Å². The number of anilines is 1. The van der Waals surface area contributed by atoms with Crippen molar-refractivity contribution >= 4 is 11.6 Å². The molecule has 4 nitrogen and oxygen atoms in total. The molecule has 0 spiro atoms. The molecule has 2 aliphatic rings. The highest BCUT2D eigenvalue weighted by Gasteiger charge is 2.29. The summed E-state index contributed by atoms with van der Waals surface area (Å²) in [6.45, 7) is 3.44. The van der Waals surface area contributed by atoms with Gasteiger partial charge in [0.1, 0.15) is 5.82 Å². The molecule has 1 amide bonds. The molecule has 1 saturated heterocycles. The van der Waals surface area contributed by atoms with Gasteiger partial charge in [-0.25, -0.2) is 4.39 Å². The zero-order chi connectivity index (χ0) is 17.1. The summed E-state index contributed by atoms with van der Waals surface area (Å²) in [5, 5.41) is 12.7. The normalized spacial score (nSPS) is 27.8. The van der Waals surface area contributed by atoms with Crippen LogP contribution in [0.3, 0.4) is 0 Å². The van der Waals surface area contributed by atoms with Gasteiger partial charge in [-0.3, -0.25) is 4.79 Å². The molecule has 1 aromatic rings. The lowest BCUT2D eigenvalue weighted by molar-refractivity contribution is -0.127. The number of hydrogen-bond acceptors (Lipinski definition) is 3. The summed E-state index contributed by atoms with van der Waals surface area (Å²) in [4.78, 5) is 14.5. The van der Waals surface area contributed by atoms with E-state index in [0.29, 0.717) is 25.1 Å². The van der Waals surface area contributed by atoms with Crippen LogP contribution in [-0.2, 0) is 4.79 Å². The molecule has 1 aliphatic carbocycles. The molecule has 1 heterocycles.